The molecule has 0 saturated heterocycles. The molecule has 1 unspecified atom stereocenters. The zero-order valence-corrected chi connectivity index (χ0v) is 10.1. The van der Waals surface area contributed by atoms with Gasteiger partial charge in [0.15, 0.2) is 0 Å². The van der Waals surface area contributed by atoms with Crippen LogP contribution >= 0.6 is 11.6 Å². The van der Waals surface area contributed by atoms with Gasteiger partial charge in [0.2, 0.25) is 5.91 Å². The minimum Gasteiger partial charge on any atom is -0.383 e. The molecular formula is C9H15ClF3NO3. The van der Waals surface area contributed by atoms with Crippen molar-refractivity contribution in [3.05, 3.63) is 0 Å². The van der Waals surface area contributed by atoms with Crippen molar-refractivity contribution < 1.29 is 27.4 Å². The third-order valence-electron chi connectivity index (χ3n) is 1.69. The average molecular weight is 278 g/mol. The normalized spacial score (nSPS) is 13.5. The first-order valence-corrected chi connectivity index (χ1v) is 5.41. The molecule has 0 fully saturated rings. The molecule has 0 aromatic heterocycles. The van der Waals surface area contributed by atoms with Crippen molar-refractivity contribution in [2.24, 2.45) is 0 Å². The van der Waals surface area contributed by atoms with Gasteiger partial charge in [0, 0.05) is 13.0 Å². The number of methoxy groups -OCH3 is 1. The van der Waals surface area contributed by atoms with Gasteiger partial charge in [-0.1, -0.05) is 0 Å². The summed E-state index contributed by atoms with van der Waals surface area (Å²) in [6.45, 7) is -1.83. The lowest BCUT2D eigenvalue weighted by molar-refractivity contribution is -0.175. The van der Waals surface area contributed by atoms with Gasteiger partial charge in [0.25, 0.3) is 0 Å². The van der Waals surface area contributed by atoms with Crippen LogP contribution in [0, 0.1) is 0 Å². The van der Waals surface area contributed by atoms with Gasteiger partial charge in [-0.15, -0.1) is 11.6 Å². The highest BCUT2D eigenvalue weighted by Gasteiger charge is 2.27. The van der Waals surface area contributed by atoms with Crippen LogP contribution in [0.5, 0.6) is 0 Å². The van der Waals surface area contributed by atoms with Gasteiger partial charge in [-0.25, -0.2) is 0 Å². The largest absolute Gasteiger partial charge is 0.411 e. The number of hydrogen-bond acceptors (Lipinski definition) is 3. The highest BCUT2D eigenvalue weighted by atomic mass is 35.5. The number of alkyl halides is 4. The van der Waals surface area contributed by atoms with Crippen LogP contribution in [0.2, 0.25) is 0 Å². The third kappa shape index (κ3) is 10.3. The van der Waals surface area contributed by atoms with E-state index in [-0.39, 0.29) is 12.6 Å². The van der Waals surface area contributed by atoms with Crippen molar-refractivity contribution in [3.63, 3.8) is 0 Å². The first-order chi connectivity index (χ1) is 7.89. The summed E-state index contributed by atoms with van der Waals surface area (Å²) in [6, 6.07) is -0.320. The summed E-state index contributed by atoms with van der Waals surface area (Å²) >= 11 is 5.49. The molecule has 0 radical (unpaired) electrons. The fourth-order valence-electron chi connectivity index (χ4n) is 1.06. The van der Waals surface area contributed by atoms with Crippen molar-refractivity contribution in [1.82, 2.24) is 5.32 Å². The van der Waals surface area contributed by atoms with Crippen molar-refractivity contribution in [2.75, 3.05) is 32.8 Å². The summed E-state index contributed by atoms with van der Waals surface area (Å²) in [4.78, 5) is 11.2. The lowest BCUT2D eigenvalue weighted by Crippen LogP contribution is -2.40. The fraction of sp³-hybridized carbons (Fsp3) is 0.889. The lowest BCUT2D eigenvalue weighted by Gasteiger charge is -2.16. The predicted molar refractivity (Wildman–Crippen MR) is 56.0 cm³/mol. The van der Waals surface area contributed by atoms with Crippen LogP contribution in [-0.2, 0) is 14.3 Å². The Balaban J connectivity index is 3.81. The molecule has 4 nitrogen and oxygen atoms in total. The van der Waals surface area contributed by atoms with Gasteiger partial charge in [0.05, 0.1) is 12.6 Å². The van der Waals surface area contributed by atoms with E-state index in [0.29, 0.717) is 12.3 Å². The van der Waals surface area contributed by atoms with Gasteiger partial charge in [-0.05, 0) is 6.42 Å². The zero-order valence-electron chi connectivity index (χ0n) is 9.35. The Morgan fingerprint density at radius 3 is 2.59 bits per heavy atom. The fourth-order valence-corrected chi connectivity index (χ4v) is 1.32. The predicted octanol–water partition coefficient (Wildman–Crippen LogP) is 1.33. The summed E-state index contributed by atoms with van der Waals surface area (Å²) in [6.07, 6.45) is -3.96. The van der Waals surface area contributed by atoms with Crippen LogP contribution in [-0.4, -0.2) is 50.9 Å². The molecule has 0 rings (SSSR count). The van der Waals surface area contributed by atoms with E-state index in [2.05, 4.69) is 10.1 Å². The van der Waals surface area contributed by atoms with E-state index in [1.165, 1.54) is 7.11 Å². The minimum atomic E-state index is -4.43. The number of rotatable bonds is 8. The number of nitrogens with one attached hydrogen (secondary N) is 1. The number of halogens is 4. The number of carbonyl (C=O) groups is 1. The monoisotopic (exact) mass is 277 g/mol. The molecule has 0 saturated carbocycles. The standard InChI is InChI=1S/C9H15ClF3NO3/c1-16-4-7(2-3-10)14-8(15)5-17-6-9(11,12)13/h7H,2-6H2,1H3,(H,14,15). The van der Waals surface area contributed by atoms with Crippen LogP contribution < -0.4 is 5.32 Å². The van der Waals surface area contributed by atoms with E-state index in [4.69, 9.17) is 16.3 Å². The maximum atomic E-state index is 11.7. The SMILES string of the molecule is COCC(CCCl)NC(=O)COCC(F)(F)F. The summed E-state index contributed by atoms with van der Waals surface area (Å²) in [7, 11) is 1.45. The molecular weight excluding hydrogens is 263 g/mol. The molecule has 0 aliphatic heterocycles. The molecule has 1 N–H and O–H groups in total. The van der Waals surface area contributed by atoms with Crippen molar-refractivity contribution in [2.45, 2.75) is 18.6 Å². The topological polar surface area (TPSA) is 47.6 Å². The summed E-state index contributed by atoms with van der Waals surface area (Å²) < 4.78 is 44.2. The zero-order chi connectivity index (χ0) is 13.3. The Labute approximate surface area is 102 Å². The molecule has 0 bridgehead atoms. The minimum absolute atomic E-state index is 0.248. The van der Waals surface area contributed by atoms with Gasteiger partial charge in [-0.2, -0.15) is 13.2 Å². The van der Waals surface area contributed by atoms with Crippen LogP contribution in [0.15, 0.2) is 0 Å². The quantitative estimate of drug-likeness (QED) is 0.681. The molecule has 0 heterocycles. The van der Waals surface area contributed by atoms with E-state index in [9.17, 15) is 18.0 Å². The highest BCUT2D eigenvalue weighted by molar-refractivity contribution is 6.17. The van der Waals surface area contributed by atoms with Gasteiger partial charge in [0.1, 0.15) is 13.2 Å². The molecule has 0 aliphatic carbocycles. The Bertz CT molecular complexity index is 220. The molecule has 17 heavy (non-hydrogen) atoms. The Kier molecular flexibility index (Phi) is 8.28. The van der Waals surface area contributed by atoms with Crippen molar-refractivity contribution >= 4 is 17.5 Å². The Morgan fingerprint density at radius 1 is 1.47 bits per heavy atom. The number of ether oxygens (including phenoxy) is 2. The maximum Gasteiger partial charge on any atom is 0.411 e. The number of amides is 1. The molecule has 102 valence electrons. The number of carbonyl (C=O) groups excluding carboxylic acids is 1. The van der Waals surface area contributed by atoms with E-state index in [0.717, 1.165) is 0 Å². The summed E-state index contributed by atoms with van der Waals surface area (Å²) in [5.74, 6) is -0.307. The third-order valence-corrected chi connectivity index (χ3v) is 1.91. The van der Waals surface area contributed by atoms with Crippen LogP contribution in [0.1, 0.15) is 6.42 Å². The van der Waals surface area contributed by atoms with Crippen LogP contribution in [0.25, 0.3) is 0 Å². The Morgan fingerprint density at radius 2 is 2.12 bits per heavy atom. The van der Waals surface area contributed by atoms with Crippen LogP contribution in [0.3, 0.4) is 0 Å². The summed E-state index contributed by atoms with van der Waals surface area (Å²) in [5.41, 5.74) is 0. The second-order valence-electron chi connectivity index (χ2n) is 3.31. The highest BCUT2D eigenvalue weighted by Crippen LogP contribution is 2.14. The van der Waals surface area contributed by atoms with E-state index in [1.807, 2.05) is 0 Å². The maximum absolute atomic E-state index is 11.7. The molecule has 1 atom stereocenters. The van der Waals surface area contributed by atoms with Crippen molar-refractivity contribution in [3.8, 4) is 0 Å². The van der Waals surface area contributed by atoms with Gasteiger partial charge >= 0.3 is 6.18 Å². The molecule has 0 spiro atoms. The Hall–Kier alpha value is -0.530. The average Bonchev–Trinajstić information content (AvgIpc) is 2.16. The first-order valence-electron chi connectivity index (χ1n) is 4.87. The van der Waals surface area contributed by atoms with Gasteiger partial charge in [-0.3, -0.25) is 4.79 Å². The number of hydrogen-bond donors (Lipinski definition) is 1. The van der Waals surface area contributed by atoms with E-state index >= 15 is 0 Å². The second-order valence-corrected chi connectivity index (χ2v) is 3.68. The van der Waals surface area contributed by atoms with Crippen molar-refractivity contribution in [1.29, 1.82) is 0 Å². The molecule has 0 aromatic carbocycles. The van der Waals surface area contributed by atoms with E-state index < -0.39 is 25.3 Å². The first kappa shape index (κ1) is 16.5. The van der Waals surface area contributed by atoms with Gasteiger partial charge < -0.3 is 14.8 Å². The lowest BCUT2D eigenvalue weighted by atomic mass is 10.2. The molecule has 8 heteroatoms. The van der Waals surface area contributed by atoms with Crippen LogP contribution in [0.4, 0.5) is 13.2 Å². The molecule has 0 aromatic rings. The second kappa shape index (κ2) is 8.54. The smallest absolute Gasteiger partial charge is 0.383 e. The van der Waals surface area contributed by atoms with E-state index in [1.54, 1.807) is 0 Å². The summed E-state index contributed by atoms with van der Waals surface area (Å²) in [5, 5.41) is 2.46. The molecule has 1 amide bonds. The molecule has 0 aliphatic rings.